The topological polar surface area (TPSA) is 53.4 Å². The highest BCUT2D eigenvalue weighted by molar-refractivity contribution is 6.33. The van der Waals surface area contributed by atoms with Crippen LogP contribution in [0.4, 0.5) is 0 Å². The van der Waals surface area contributed by atoms with E-state index in [1.54, 1.807) is 49.6 Å². The van der Waals surface area contributed by atoms with Crippen LogP contribution < -0.4 is 15.0 Å². The summed E-state index contributed by atoms with van der Waals surface area (Å²) in [5.41, 5.74) is 0.177. The van der Waals surface area contributed by atoms with E-state index in [1.165, 1.54) is 10.9 Å². The maximum atomic E-state index is 12.7. The van der Waals surface area contributed by atoms with Gasteiger partial charge in [-0.3, -0.25) is 4.79 Å². The summed E-state index contributed by atoms with van der Waals surface area (Å²) in [5, 5.41) is 5.15. The van der Waals surface area contributed by atoms with Crippen LogP contribution in [-0.2, 0) is 6.54 Å². The number of methoxy groups -OCH3 is 1. The highest BCUT2D eigenvalue weighted by Gasteiger charge is 2.14. The summed E-state index contributed by atoms with van der Waals surface area (Å²) in [6.07, 6.45) is 1.35. The van der Waals surface area contributed by atoms with Crippen LogP contribution in [0, 0.1) is 0 Å². The number of hydrogen-bond donors (Lipinski definition) is 0. The number of benzene rings is 2. The van der Waals surface area contributed by atoms with Gasteiger partial charge >= 0.3 is 5.56 Å². The van der Waals surface area contributed by atoms with Crippen LogP contribution in [0.2, 0.25) is 15.1 Å². The second-order valence-corrected chi connectivity index (χ2v) is 6.55. The lowest BCUT2D eigenvalue weighted by atomic mass is 10.2. The molecule has 0 radical (unpaired) electrons. The van der Waals surface area contributed by atoms with Gasteiger partial charge in [-0.1, -0.05) is 34.8 Å². The Hall–Kier alpha value is -2.21. The zero-order valence-corrected chi connectivity index (χ0v) is 15.8. The highest BCUT2D eigenvalue weighted by atomic mass is 35.5. The molecule has 0 saturated carbocycles. The van der Waals surface area contributed by atoms with E-state index in [1.807, 2.05) is 0 Å². The van der Waals surface area contributed by atoms with Crippen molar-refractivity contribution in [2.24, 2.45) is 0 Å². The number of nitrogens with zero attached hydrogens (tertiary/aromatic N) is 2. The quantitative estimate of drug-likeness (QED) is 0.589. The monoisotopic (exact) mass is 410 g/mol. The predicted molar refractivity (Wildman–Crippen MR) is 102 cm³/mol. The smallest absolute Gasteiger partial charge is 0.311 e. The fourth-order valence-electron chi connectivity index (χ4n) is 2.24. The fraction of sp³-hybridized carbons (Fsp3) is 0.111. The number of halogens is 3. The van der Waals surface area contributed by atoms with E-state index in [0.29, 0.717) is 27.1 Å². The minimum absolute atomic E-state index is 0.0232. The summed E-state index contributed by atoms with van der Waals surface area (Å²) in [6.45, 7) is 0.133. The van der Waals surface area contributed by atoms with Crippen molar-refractivity contribution in [3.63, 3.8) is 0 Å². The van der Waals surface area contributed by atoms with Crippen molar-refractivity contribution >= 4 is 34.8 Å². The molecule has 0 saturated heterocycles. The molecule has 0 spiro atoms. The van der Waals surface area contributed by atoms with Crippen LogP contribution in [0.25, 0.3) is 0 Å². The average molecular weight is 412 g/mol. The molecule has 0 unspecified atom stereocenters. The van der Waals surface area contributed by atoms with Gasteiger partial charge in [-0.15, -0.1) is 0 Å². The predicted octanol–water partition coefficient (Wildman–Crippen LogP) is 5.05. The van der Waals surface area contributed by atoms with E-state index >= 15 is 0 Å². The van der Waals surface area contributed by atoms with Crippen LogP contribution in [-0.4, -0.2) is 16.9 Å². The molecule has 0 fully saturated rings. The van der Waals surface area contributed by atoms with Crippen LogP contribution in [0.5, 0.6) is 17.2 Å². The standard InChI is InChI=1S/C18H13Cl3N2O3/c1-25-13-3-5-14(6-4-13)26-17-16(21)9-22-23(18(17)24)10-11-8-12(19)2-7-15(11)20/h2-9H,10H2,1H3. The third-order valence-corrected chi connectivity index (χ3v) is 4.44. The normalized spacial score (nSPS) is 10.6. The van der Waals surface area contributed by atoms with Crippen molar-refractivity contribution in [1.82, 2.24) is 9.78 Å². The van der Waals surface area contributed by atoms with E-state index < -0.39 is 5.56 Å². The van der Waals surface area contributed by atoms with Crippen molar-refractivity contribution < 1.29 is 9.47 Å². The second kappa shape index (κ2) is 7.99. The molecule has 134 valence electrons. The Labute approximate surface area is 164 Å². The number of ether oxygens (including phenoxy) is 2. The molecule has 0 bridgehead atoms. The summed E-state index contributed by atoms with van der Waals surface area (Å²) in [6, 6.07) is 11.8. The van der Waals surface area contributed by atoms with Crippen molar-refractivity contribution in [1.29, 1.82) is 0 Å². The van der Waals surface area contributed by atoms with Gasteiger partial charge < -0.3 is 9.47 Å². The van der Waals surface area contributed by atoms with Crippen molar-refractivity contribution in [2.45, 2.75) is 6.54 Å². The lowest BCUT2D eigenvalue weighted by molar-refractivity contribution is 0.412. The van der Waals surface area contributed by atoms with Gasteiger partial charge in [-0.05, 0) is 48.0 Å². The van der Waals surface area contributed by atoms with Crippen molar-refractivity contribution in [3.8, 4) is 17.2 Å². The molecule has 1 heterocycles. The number of hydrogen-bond acceptors (Lipinski definition) is 4. The molecule has 0 aliphatic rings. The Morgan fingerprint density at radius 2 is 1.69 bits per heavy atom. The van der Waals surface area contributed by atoms with Gasteiger partial charge in [0.1, 0.15) is 16.5 Å². The molecule has 0 atom stereocenters. The van der Waals surface area contributed by atoms with Crippen molar-refractivity contribution in [2.75, 3.05) is 7.11 Å². The first-order chi connectivity index (χ1) is 12.5. The van der Waals surface area contributed by atoms with Gasteiger partial charge in [0.15, 0.2) is 0 Å². The molecule has 0 amide bonds. The Morgan fingerprint density at radius 1 is 1.00 bits per heavy atom. The lowest BCUT2D eigenvalue weighted by Gasteiger charge is -2.11. The highest BCUT2D eigenvalue weighted by Crippen LogP contribution is 2.27. The minimum Gasteiger partial charge on any atom is -0.497 e. The van der Waals surface area contributed by atoms with Gasteiger partial charge in [0.2, 0.25) is 5.75 Å². The molecule has 2 aromatic carbocycles. The van der Waals surface area contributed by atoms with Crippen LogP contribution in [0.15, 0.2) is 53.5 Å². The van der Waals surface area contributed by atoms with E-state index in [4.69, 9.17) is 44.3 Å². The molecule has 8 heteroatoms. The first-order valence-electron chi connectivity index (χ1n) is 7.49. The van der Waals surface area contributed by atoms with E-state index in [2.05, 4.69) is 5.10 Å². The molecule has 1 aromatic heterocycles. The zero-order valence-electron chi connectivity index (χ0n) is 13.6. The number of aromatic nitrogens is 2. The Kier molecular flexibility index (Phi) is 5.71. The maximum Gasteiger partial charge on any atom is 0.311 e. The zero-order chi connectivity index (χ0) is 18.7. The third-order valence-electron chi connectivity index (χ3n) is 3.56. The summed E-state index contributed by atoms with van der Waals surface area (Å²) in [4.78, 5) is 12.7. The van der Waals surface area contributed by atoms with Gasteiger partial charge in [0, 0.05) is 10.0 Å². The summed E-state index contributed by atoms with van der Waals surface area (Å²) >= 11 is 18.2. The largest absolute Gasteiger partial charge is 0.497 e. The second-order valence-electron chi connectivity index (χ2n) is 5.30. The van der Waals surface area contributed by atoms with Gasteiger partial charge in [-0.2, -0.15) is 5.10 Å². The molecule has 0 aliphatic carbocycles. The summed E-state index contributed by atoms with van der Waals surface area (Å²) in [7, 11) is 1.56. The van der Waals surface area contributed by atoms with Gasteiger partial charge in [-0.25, -0.2) is 4.68 Å². The fourth-order valence-corrected chi connectivity index (χ4v) is 2.78. The summed E-state index contributed by atoms with van der Waals surface area (Å²) < 4.78 is 12.0. The molecule has 5 nitrogen and oxygen atoms in total. The molecule has 26 heavy (non-hydrogen) atoms. The number of rotatable bonds is 5. The van der Waals surface area contributed by atoms with Crippen LogP contribution in [0.3, 0.4) is 0 Å². The SMILES string of the molecule is COc1ccc(Oc2c(Cl)cnn(Cc3cc(Cl)ccc3Cl)c2=O)cc1. The third kappa shape index (κ3) is 4.12. The molecular formula is C18H13Cl3N2O3. The first kappa shape index (κ1) is 18.6. The molecular weight excluding hydrogens is 399 g/mol. The van der Waals surface area contributed by atoms with Crippen LogP contribution >= 0.6 is 34.8 Å². The van der Waals surface area contributed by atoms with Gasteiger partial charge in [0.25, 0.3) is 0 Å². The van der Waals surface area contributed by atoms with E-state index in [9.17, 15) is 4.79 Å². The van der Waals surface area contributed by atoms with E-state index in [-0.39, 0.29) is 17.3 Å². The van der Waals surface area contributed by atoms with Crippen LogP contribution in [0.1, 0.15) is 5.56 Å². The Bertz CT molecular complexity index is 988. The Balaban J connectivity index is 1.93. The van der Waals surface area contributed by atoms with E-state index in [0.717, 1.165) is 0 Å². The molecule has 3 rings (SSSR count). The maximum absolute atomic E-state index is 12.7. The van der Waals surface area contributed by atoms with Crippen molar-refractivity contribution in [3.05, 3.63) is 79.6 Å². The average Bonchev–Trinajstić information content (AvgIpc) is 2.64. The first-order valence-corrected chi connectivity index (χ1v) is 8.63. The van der Waals surface area contributed by atoms with Gasteiger partial charge in [0.05, 0.1) is 19.9 Å². The Morgan fingerprint density at radius 3 is 2.38 bits per heavy atom. The molecule has 0 aliphatic heterocycles. The lowest BCUT2D eigenvalue weighted by Crippen LogP contribution is -2.24. The minimum atomic E-state index is -0.482. The molecule has 3 aromatic rings. The molecule has 0 N–H and O–H groups in total. The summed E-state index contributed by atoms with van der Waals surface area (Å²) in [5.74, 6) is 1.10.